The summed E-state index contributed by atoms with van der Waals surface area (Å²) in [6.45, 7) is 5.40. The minimum Gasteiger partial charge on any atom is -0.494 e. The first-order chi connectivity index (χ1) is 18.9. The number of carbonyl (C=O) groups is 1. The van der Waals surface area contributed by atoms with Gasteiger partial charge in [0.05, 0.1) is 12.7 Å². The Labute approximate surface area is 236 Å². The minimum absolute atomic E-state index is 0.00463. The lowest BCUT2D eigenvalue weighted by Gasteiger charge is -2.58. The van der Waals surface area contributed by atoms with E-state index >= 15 is 0 Å². The van der Waals surface area contributed by atoms with Crippen LogP contribution in [-0.4, -0.2) is 29.6 Å². The molecule has 1 aromatic carbocycles. The molecule has 0 spiro atoms. The van der Waals surface area contributed by atoms with Crippen LogP contribution in [0, 0.1) is 28.6 Å². The first kappa shape index (κ1) is 27.5. The second-order valence-electron chi connectivity index (χ2n) is 14.0. The molecule has 2 N–H and O–H groups in total. The van der Waals surface area contributed by atoms with E-state index in [0.29, 0.717) is 48.6 Å². The fourth-order valence-electron chi connectivity index (χ4n) is 10.0. The molecule has 0 radical (unpaired) electrons. The van der Waals surface area contributed by atoms with Crippen LogP contribution >= 0.6 is 0 Å². The van der Waals surface area contributed by atoms with E-state index in [4.69, 9.17) is 4.74 Å². The molecule has 5 aliphatic rings. The molecule has 7 atom stereocenters. The summed E-state index contributed by atoms with van der Waals surface area (Å²) in [5.41, 5.74) is 2.95. The molecule has 214 valence electrons. The van der Waals surface area contributed by atoms with Crippen LogP contribution in [0.4, 0.5) is 0 Å². The Balaban J connectivity index is 1.12. The minimum atomic E-state index is -0.208. The molecule has 0 aromatic heterocycles. The van der Waals surface area contributed by atoms with Gasteiger partial charge in [0.2, 0.25) is 0 Å². The first-order valence-corrected chi connectivity index (χ1v) is 16.3. The fraction of sp³-hybridized carbons (Fsp3) is 0.743. The van der Waals surface area contributed by atoms with Crippen LogP contribution in [0.25, 0.3) is 0 Å². The van der Waals surface area contributed by atoms with Crippen molar-refractivity contribution in [3.05, 3.63) is 41.5 Å². The van der Waals surface area contributed by atoms with Crippen LogP contribution in [0.3, 0.4) is 0 Å². The molecule has 5 aliphatic carbocycles. The molecule has 0 bridgehead atoms. The van der Waals surface area contributed by atoms with Gasteiger partial charge in [0, 0.05) is 23.9 Å². The van der Waals surface area contributed by atoms with E-state index in [-0.39, 0.29) is 16.9 Å². The summed E-state index contributed by atoms with van der Waals surface area (Å²) in [5, 5.41) is 15.3. The average Bonchev–Trinajstić information content (AvgIpc) is 3.29. The number of rotatable bonds is 8. The third-order valence-corrected chi connectivity index (χ3v) is 12.2. The predicted octanol–water partition coefficient (Wildman–Crippen LogP) is 7.70. The van der Waals surface area contributed by atoms with Crippen LogP contribution < -0.4 is 10.1 Å². The van der Waals surface area contributed by atoms with Crippen LogP contribution in [-0.2, 0) is 4.79 Å². The zero-order chi connectivity index (χ0) is 27.0. The third kappa shape index (κ3) is 5.14. The molecule has 4 saturated carbocycles. The van der Waals surface area contributed by atoms with Gasteiger partial charge in [0.25, 0.3) is 0 Å². The third-order valence-electron chi connectivity index (χ3n) is 12.2. The van der Waals surface area contributed by atoms with E-state index in [2.05, 4.69) is 43.4 Å². The Morgan fingerprint density at radius 3 is 2.69 bits per heavy atom. The normalized spacial score (nSPS) is 37.4. The maximum atomic E-state index is 12.2. The molecule has 0 aliphatic heterocycles. The lowest BCUT2D eigenvalue weighted by atomic mass is 9.46. The van der Waals surface area contributed by atoms with Crippen molar-refractivity contribution in [2.75, 3.05) is 6.61 Å². The number of aliphatic hydroxyl groups excluding tert-OH is 1. The molecule has 0 saturated heterocycles. The summed E-state index contributed by atoms with van der Waals surface area (Å²) in [4.78, 5) is 12.2. The molecule has 0 amide bonds. The van der Waals surface area contributed by atoms with Gasteiger partial charge in [-0.1, -0.05) is 50.8 Å². The van der Waals surface area contributed by atoms with Gasteiger partial charge in [0.1, 0.15) is 5.75 Å². The quantitative estimate of drug-likeness (QED) is 0.359. The summed E-state index contributed by atoms with van der Waals surface area (Å²) in [6.07, 6.45) is 18.9. The zero-order valence-corrected chi connectivity index (χ0v) is 24.4. The van der Waals surface area contributed by atoms with Gasteiger partial charge in [-0.25, -0.2) is 0 Å². The number of hydrogen-bond acceptors (Lipinski definition) is 4. The second kappa shape index (κ2) is 11.3. The number of allylic oxidation sites excluding steroid dienone is 1. The molecular formula is C35H51NO3. The molecule has 0 heterocycles. The van der Waals surface area contributed by atoms with Crippen LogP contribution in [0.5, 0.6) is 5.75 Å². The van der Waals surface area contributed by atoms with Crippen LogP contribution in [0.15, 0.2) is 35.9 Å². The van der Waals surface area contributed by atoms with E-state index in [1.165, 1.54) is 56.1 Å². The Bertz CT molecular complexity index is 1060. The number of carbonyl (C=O) groups excluding carboxylic acids is 1. The fourth-order valence-corrected chi connectivity index (χ4v) is 10.0. The van der Waals surface area contributed by atoms with Crippen molar-refractivity contribution >= 4 is 5.78 Å². The number of benzene rings is 1. The van der Waals surface area contributed by atoms with Crippen molar-refractivity contribution in [2.24, 2.45) is 28.6 Å². The molecule has 4 heteroatoms. The van der Waals surface area contributed by atoms with Gasteiger partial charge in [-0.05, 0) is 118 Å². The molecule has 1 aromatic rings. The smallest absolute Gasteiger partial charge is 0.155 e. The van der Waals surface area contributed by atoms with Crippen molar-refractivity contribution in [1.82, 2.24) is 5.32 Å². The van der Waals surface area contributed by atoms with Crippen molar-refractivity contribution in [2.45, 2.75) is 128 Å². The Morgan fingerprint density at radius 1 is 1.03 bits per heavy atom. The molecule has 4 fully saturated rings. The average molecular weight is 534 g/mol. The van der Waals surface area contributed by atoms with Crippen molar-refractivity contribution in [3.8, 4) is 5.75 Å². The van der Waals surface area contributed by atoms with Gasteiger partial charge in [-0.2, -0.15) is 0 Å². The van der Waals surface area contributed by atoms with E-state index in [1.54, 1.807) is 0 Å². The summed E-state index contributed by atoms with van der Waals surface area (Å²) in [7, 11) is 0. The maximum absolute atomic E-state index is 12.2. The number of nitrogens with one attached hydrogen (secondary N) is 1. The standard InChI is InChI=1S/C35H51NO3/c1-3-32(36-26-9-5-4-6-10-26)24-8-7-11-28(22-24)39-21-20-35-19-17-30-29(31(35)14-15-33(35)38)13-12-25-23-27(37)16-18-34(25,30)2/h7-8,11,22-23,26,29-33,36,38H,3-6,9-10,12-21H2,1-2H3/t29?,30?,31?,32?,33-,34-,35+/m0/s1. The summed E-state index contributed by atoms with van der Waals surface area (Å²) in [5.74, 6) is 3.22. The van der Waals surface area contributed by atoms with E-state index in [0.717, 1.165) is 50.7 Å². The van der Waals surface area contributed by atoms with Crippen molar-refractivity contribution in [3.63, 3.8) is 0 Å². The predicted molar refractivity (Wildman–Crippen MR) is 157 cm³/mol. The molecular weight excluding hydrogens is 482 g/mol. The number of hydrogen-bond donors (Lipinski definition) is 2. The highest BCUT2D eigenvalue weighted by atomic mass is 16.5. The molecule has 4 unspecified atom stereocenters. The van der Waals surface area contributed by atoms with E-state index < -0.39 is 0 Å². The summed E-state index contributed by atoms with van der Waals surface area (Å²) < 4.78 is 6.45. The number of aliphatic hydroxyl groups is 1. The monoisotopic (exact) mass is 533 g/mol. The number of ether oxygens (including phenoxy) is 1. The van der Waals surface area contributed by atoms with Gasteiger partial charge in [-0.15, -0.1) is 0 Å². The number of ketones is 1. The maximum Gasteiger partial charge on any atom is 0.155 e. The lowest BCUT2D eigenvalue weighted by Crippen LogP contribution is -2.52. The summed E-state index contributed by atoms with van der Waals surface area (Å²) >= 11 is 0. The number of fused-ring (bicyclic) bond motifs is 5. The van der Waals surface area contributed by atoms with E-state index in [1.807, 2.05) is 6.08 Å². The van der Waals surface area contributed by atoms with Gasteiger partial charge in [-0.3, -0.25) is 4.79 Å². The zero-order valence-electron chi connectivity index (χ0n) is 24.4. The molecule has 6 rings (SSSR count). The molecule has 39 heavy (non-hydrogen) atoms. The highest BCUT2D eigenvalue weighted by molar-refractivity contribution is 5.91. The van der Waals surface area contributed by atoms with Crippen LogP contribution in [0.1, 0.15) is 122 Å². The van der Waals surface area contributed by atoms with Gasteiger partial charge in [0.15, 0.2) is 5.78 Å². The van der Waals surface area contributed by atoms with Crippen LogP contribution in [0.2, 0.25) is 0 Å². The Kier molecular flexibility index (Phi) is 7.99. The summed E-state index contributed by atoms with van der Waals surface area (Å²) in [6, 6.07) is 9.78. The van der Waals surface area contributed by atoms with E-state index in [9.17, 15) is 9.90 Å². The van der Waals surface area contributed by atoms with Crippen molar-refractivity contribution in [1.29, 1.82) is 0 Å². The van der Waals surface area contributed by atoms with Crippen molar-refractivity contribution < 1.29 is 14.6 Å². The Morgan fingerprint density at radius 2 is 1.87 bits per heavy atom. The largest absolute Gasteiger partial charge is 0.494 e. The molecule has 4 nitrogen and oxygen atoms in total. The second-order valence-corrected chi connectivity index (χ2v) is 14.0. The highest BCUT2D eigenvalue weighted by Gasteiger charge is 2.60. The first-order valence-electron chi connectivity index (χ1n) is 16.3. The SMILES string of the molecule is CCC(NC1CCCCC1)c1cccc(OCC[C@]23CCC4C(CCC5=CC(=O)CC[C@@]54C)C2CC[C@@H]3O)c1. The topological polar surface area (TPSA) is 58.6 Å². The lowest BCUT2D eigenvalue weighted by molar-refractivity contribution is -0.118. The van der Waals surface area contributed by atoms with Gasteiger partial charge < -0.3 is 15.2 Å². The Hall–Kier alpha value is -1.65. The highest BCUT2D eigenvalue weighted by Crippen LogP contribution is 2.66. The van der Waals surface area contributed by atoms with Gasteiger partial charge >= 0.3 is 0 Å².